The smallest absolute Gasteiger partial charge is 0.387 e. The highest BCUT2D eigenvalue weighted by molar-refractivity contribution is 5.96. The van der Waals surface area contributed by atoms with Crippen LogP contribution >= 0.6 is 0 Å². The Hall–Kier alpha value is -3.88. The summed E-state index contributed by atoms with van der Waals surface area (Å²) in [7, 11) is 0. The number of carbonyl (C=O) groups is 1. The molecule has 31 heavy (non-hydrogen) atoms. The Bertz CT molecular complexity index is 1240. The van der Waals surface area contributed by atoms with Gasteiger partial charge >= 0.3 is 6.61 Å². The zero-order chi connectivity index (χ0) is 22.0. The number of hydrogen-bond acceptors (Lipinski definition) is 4. The highest BCUT2D eigenvalue weighted by Gasteiger charge is 2.18. The lowest BCUT2D eigenvalue weighted by Gasteiger charge is -2.12. The number of alkyl halides is 2. The summed E-state index contributed by atoms with van der Waals surface area (Å²) < 4.78 is 44.3. The number of fused-ring (bicyclic) bond motifs is 1. The fourth-order valence-electron chi connectivity index (χ4n) is 3.37. The first kappa shape index (κ1) is 20.4. The van der Waals surface area contributed by atoms with Gasteiger partial charge in [0, 0.05) is 17.6 Å². The average Bonchev–Trinajstić information content (AvgIpc) is 3.06. The van der Waals surface area contributed by atoms with Crippen LogP contribution in [0.25, 0.3) is 22.2 Å². The quantitative estimate of drug-likeness (QED) is 0.482. The molecule has 0 radical (unpaired) electrons. The molecular weight excluding hydrogens is 409 g/mol. The van der Waals surface area contributed by atoms with E-state index >= 15 is 0 Å². The number of nitrogens with one attached hydrogen (secondary N) is 1. The van der Waals surface area contributed by atoms with Gasteiger partial charge in [-0.2, -0.15) is 13.9 Å². The van der Waals surface area contributed by atoms with Gasteiger partial charge in [0.05, 0.1) is 11.4 Å². The molecule has 0 bridgehead atoms. The number of carbonyl (C=O) groups excluding carboxylic acids is 1. The van der Waals surface area contributed by atoms with E-state index in [2.05, 4.69) is 20.1 Å². The second-order valence-corrected chi connectivity index (χ2v) is 6.73. The van der Waals surface area contributed by atoms with Crippen LogP contribution in [0.1, 0.15) is 5.69 Å². The molecule has 4 rings (SSSR count). The maximum absolute atomic E-state index is 13.4. The summed E-state index contributed by atoms with van der Waals surface area (Å²) in [5, 5.41) is 7.69. The Morgan fingerprint density at radius 2 is 1.94 bits per heavy atom. The molecule has 0 saturated heterocycles. The van der Waals surface area contributed by atoms with Gasteiger partial charge in [-0.3, -0.25) is 4.79 Å². The van der Waals surface area contributed by atoms with Crippen molar-refractivity contribution >= 4 is 22.6 Å². The fraction of sp³-hybridized carbons (Fsp3) is 0.136. The molecule has 0 aliphatic rings. The third-order valence-electron chi connectivity index (χ3n) is 4.62. The molecule has 158 valence electrons. The monoisotopic (exact) mass is 426 g/mol. The molecule has 2 aromatic carbocycles. The maximum Gasteiger partial charge on any atom is 0.387 e. The van der Waals surface area contributed by atoms with Gasteiger partial charge in [0.25, 0.3) is 0 Å². The summed E-state index contributed by atoms with van der Waals surface area (Å²) in [5.41, 5.74) is 3.05. The topological polar surface area (TPSA) is 69.0 Å². The van der Waals surface area contributed by atoms with Crippen molar-refractivity contribution < 1.29 is 22.7 Å². The first-order valence-electron chi connectivity index (χ1n) is 9.34. The van der Waals surface area contributed by atoms with Gasteiger partial charge in [-0.25, -0.2) is 14.1 Å². The third kappa shape index (κ3) is 4.35. The van der Waals surface area contributed by atoms with E-state index in [-0.39, 0.29) is 12.2 Å². The number of anilines is 1. The lowest BCUT2D eigenvalue weighted by molar-refractivity contribution is -0.116. The zero-order valence-electron chi connectivity index (χ0n) is 16.3. The summed E-state index contributed by atoms with van der Waals surface area (Å²) in [4.78, 5) is 16.9. The van der Waals surface area contributed by atoms with Crippen LogP contribution in [0.3, 0.4) is 0 Å². The van der Waals surface area contributed by atoms with Crippen LogP contribution in [0.2, 0.25) is 0 Å². The zero-order valence-corrected chi connectivity index (χ0v) is 16.3. The maximum atomic E-state index is 13.4. The average molecular weight is 426 g/mol. The van der Waals surface area contributed by atoms with Gasteiger partial charge in [0.15, 0.2) is 11.4 Å². The molecule has 0 fully saturated rings. The first-order valence-corrected chi connectivity index (χ1v) is 9.34. The van der Waals surface area contributed by atoms with Crippen molar-refractivity contribution in [3.05, 3.63) is 72.3 Å². The molecule has 6 nitrogen and oxygen atoms in total. The first-order chi connectivity index (χ1) is 14.9. The van der Waals surface area contributed by atoms with Gasteiger partial charge in [0.2, 0.25) is 5.91 Å². The molecule has 2 heterocycles. The SMILES string of the molecule is Cc1nn(CC(=O)Nc2ccc(F)cc2OC(F)F)c2nccc(-c3ccccc3)c12. The second-order valence-electron chi connectivity index (χ2n) is 6.73. The van der Waals surface area contributed by atoms with E-state index in [9.17, 15) is 18.0 Å². The summed E-state index contributed by atoms with van der Waals surface area (Å²) in [6, 6.07) is 14.6. The van der Waals surface area contributed by atoms with E-state index in [1.807, 2.05) is 43.3 Å². The number of halogens is 3. The molecule has 9 heteroatoms. The van der Waals surface area contributed by atoms with Gasteiger partial charge < -0.3 is 10.1 Å². The summed E-state index contributed by atoms with van der Waals surface area (Å²) in [6.07, 6.45) is 1.63. The normalized spacial score (nSPS) is 11.1. The van der Waals surface area contributed by atoms with Crippen molar-refractivity contribution in [3.8, 4) is 16.9 Å². The number of amides is 1. The van der Waals surface area contributed by atoms with Gasteiger partial charge in [-0.05, 0) is 36.2 Å². The van der Waals surface area contributed by atoms with Crippen LogP contribution in [0, 0.1) is 12.7 Å². The number of hydrogen-bond donors (Lipinski definition) is 1. The Morgan fingerprint density at radius 1 is 1.16 bits per heavy atom. The third-order valence-corrected chi connectivity index (χ3v) is 4.62. The predicted octanol–water partition coefficient (Wildman–Crippen LogP) is 4.79. The van der Waals surface area contributed by atoms with E-state index in [1.54, 1.807) is 6.20 Å². The summed E-state index contributed by atoms with van der Waals surface area (Å²) >= 11 is 0. The Morgan fingerprint density at radius 3 is 2.68 bits per heavy atom. The molecule has 0 aliphatic carbocycles. The van der Waals surface area contributed by atoms with Crippen molar-refractivity contribution in [2.45, 2.75) is 20.1 Å². The largest absolute Gasteiger partial charge is 0.432 e. The van der Waals surface area contributed by atoms with Crippen LogP contribution in [0.4, 0.5) is 18.9 Å². The Balaban J connectivity index is 1.62. The molecule has 0 saturated carbocycles. The molecule has 1 amide bonds. The minimum Gasteiger partial charge on any atom is -0.432 e. The summed E-state index contributed by atoms with van der Waals surface area (Å²) in [6.45, 7) is -1.56. The van der Waals surface area contributed by atoms with Gasteiger partial charge in [-0.15, -0.1) is 0 Å². The Kier molecular flexibility index (Phi) is 5.57. The predicted molar refractivity (Wildman–Crippen MR) is 109 cm³/mol. The van der Waals surface area contributed by atoms with Gasteiger partial charge in [0.1, 0.15) is 12.4 Å². The van der Waals surface area contributed by atoms with Gasteiger partial charge in [-0.1, -0.05) is 30.3 Å². The number of rotatable bonds is 6. The summed E-state index contributed by atoms with van der Waals surface area (Å²) in [5.74, 6) is -1.78. The van der Waals surface area contributed by atoms with Crippen LogP contribution in [0.15, 0.2) is 60.8 Å². The van der Waals surface area contributed by atoms with E-state index in [0.29, 0.717) is 11.3 Å². The van der Waals surface area contributed by atoms with E-state index in [4.69, 9.17) is 0 Å². The fourth-order valence-corrected chi connectivity index (χ4v) is 3.37. The number of ether oxygens (including phenoxy) is 1. The minimum atomic E-state index is -3.16. The molecule has 0 aliphatic heterocycles. The second kappa shape index (κ2) is 8.47. The number of nitrogens with zero attached hydrogens (tertiary/aromatic N) is 3. The Labute approximate surface area is 175 Å². The van der Waals surface area contributed by atoms with E-state index in [1.165, 1.54) is 4.68 Å². The molecule has 0 spiro atoms. The highest BCUT2D eigenvalue weighted by atomic mass is 19.3. The van der Waals surface area contributed by atoms with Crippen molar-refractivity contribution in [1.82, 2.24) is 14.8 Å². The molecule has 4 aromatic rings. The molecule has 1 N–H and O–H groups in total. The van der Waals surface area contributed by atoms with Crippen LogP contribution in [-0.2, 0) is 11.3 Å². The van der Waals surface area contributed by atoms with Crippen LogP contribution in [0.5, 0.6) is 5.75 Å². The lowest BCUT2D eigenvalue weighted by atomic mass is 10.0. The van der Waals surface area contributed by atoms with E-state index in [0.717, 1.165) is 34.7 Å². The molecule has 0 atom stereocenters. The van der Waals surface area contributed by atoms with Crippen molar-refractivity contribution in [1.29, 1.82) is 0 Å². The highest BCUT2D eigenvalue weighted by Crippen LogP contribution is 2.30. The lowest BCUT2D eigenvalue weighted by Crippen LogP contribution is -2.20. The van der Waals surface area contributed by atoms with Crippen LogP contribution < -0.4 is 10.1 Å². The standard InChI is InChI=1S/C22H17F3N4O2/c1-13-20-16(14-5-3-2-4-6-14)9-10-26-21(20)29(28-13)12-19(30)27-17-8-7-15(23)11-18(17)31-22(24)25/h2-11,22H,12H2,1H3,(H,27,30). The van der Waals surface area contributed by atoms with Crippen LogP contribution in [-0.4, -0.2) is 27.3 Å². The van der Waals surface area contributed by atoms with Crippen molar-refractivity contribution in [3.63, 3.8) is 0 Å². The number of benzene rings is 2. The van der Waals surface area contributed by atoms with E-state index < -0.39 is 24.1 Å². The van der Waals surface area contributed by atoms with Crippen molar-refractivity contribution in [2.75, 3.05) is 5.32 Å². The number of pyridine rings is 1. The molecular formula is C22H17F3N4O2. The number of aromatic nitrogens is 3. The minimum absolute atomic E-state index is 0.0715. The molecule has 2 aromatic heterocycles. The number of aryl methyl sites for hydroxylation is 1. The van der Waals surface area contributed by atoms with Crippen molar-refractivity contribution in [2.24, 2.45) is 0 Å². The molecule has 0 unspecified atom stereocenters.